The molecule has 8 heteroatoms. The Labute approximate surface area is 146 Å². The van der Waals surface area contributed by atoms with E-state index in [0.717, 1.165) is 14.6 Å². The Morgan fingerprint density at radius 2 is 2.09 bits per heavy atom. The number of hydrogen-bond donors (Lipinski definition) is 1. The Morgan fingerprint density at radius 3 is 2.77 bits per heavy atom. The summed E-state index contributed by atoms with van der Waals surface area (Å²) in [6.07, 6.45) is 0. The van der Waals surface area contributed by atoms with E-state index in [4.69, 9.17) is 4.74 Å². The number of nitrogens with zero attached hydrogens (tertiary/aromatic N) is 2. The highest BCUT2D eigenvalue weighted by Gasteiger charge is 2.09. The lowest BCUT2D eigenvalue weighted by atomic mass is 10.3. The number of amides is 1. The molecule has 0 saturated carbocycles. The quantitative estimate of drug-likeness (QED) is 0.559. The van der Waals surface area contributed by atoms with Gasteiger partial charge in [0.15, 0.2) is 10.9 Å². The molecule has 0 spiro atoms. The molecule has 0 unspecified atom stereocenters. The van der Waals surface area contributed by atoms with Crippen LogP contribution in [0, 0.1) is 5.92 Å². The predicted molar refractivity (Wildman–Crippen MR) is 93.7 cm³/mol. The summed E-state index contributed by atoms with van der Waals surface area (Å²) >= 11 is 6.36. The molecule has 1 aromatic carbocycles. The zero-order valence-corrected chi connectivity index (χ0v) is 15.4. The van der Waals surface area contributed by atoms with Gasteiger partial charge < -0.3 is 4.74 Å². The van der Waals surface area contributed by atoms with E-state index in [-0.39, 0.29) is 12.5 Å². The number of rotatable bonds is 7. The van der Waals surface area contributed by atoms with Gasteiger partial charge in [0, 0.05) is 10.2 Å². The number of benzene rings is 1. The van der Waals surface area contributed by atoms with E-state index in [2.05, 4.69) is 45.3 Å². The lowest BCUT2D eigenvalue weighted by Gasteiger charge is -2.05. The third kappa shape index (κ3) is 5.94. The fourth-order valence-corrected chi connectivity index (χ4v) is 3.40. The minimum absolute atomic E-state index is 0.0598. The molecule has 2 aromatic rings. The van der Waals surface area contributed by atoms with Crippen LogP contribution in [0.15, 0.2) is 33.1 Å². The second kappa shape index (κ2) is 8.50. The van der Waals surface area contributed by atoms with Gasteiger partial charge in [0.1, 0.15) is 5.75 Å². The van der Waals surface area contributed by atoms with Crippen LogP contribution in [-0.4, -0.2) is 28.5 Å². The number of halogens is 1. The number of aromatic nitrogens is 2. The third-order valence-electron chi connectivity index (χ3n) is 2.38. The predicted octanol–water partition coefficient (Wildman–Crippen LogP) is 4.07. The molecule has 0 aliphatic heterocycles. The molecule has 1 N–H and O–H groups in total. The molecule has 1 heterocycles. The normalized spacial score (nSPS) is 10.7. The highest BCUT2D eigenvalue weighted by Crippen LogP contribution is 2.26. The highest BCUT2D eigenvalue weighted by atomic mass is 79.9. The van der Waals surface area contributed by atoms with Crippen LogP contribution in [-0.2, 0) is 4.79 Å². The van der Waals surface area contributed by atoms with E-state index in [1.807, 2.05) is 12.1 Å². The molecule has 0 saturated heterocycles. The molecule has 0 aliphatic carbocycles. The van der Waals surface area contributed by atoms with Crippen molar-refractivity contribution in [2.45, 2.75) is 18.2 Å². The van der Waals surface area contributed by atoms with Gasteiger partial charge in [-0.15, -0.1) is 10.2 Å². The summed E-state index contributed by atoms with van der Waals surface area (Å²) in [6.45, 7) is 4.24. The van der Waals surface area contributed by atoms with E-state index in [1.165, 1.54) is 11.3 Å². The second-order valence-corrected chi connectivity index (χ2v) is 8.03. The number of anilines is 1. The molecule has 22 heavy (non-hydrogen) atoms. The van der Waals surface area contributed by atoms with E-state index in [9.17, 15) is 4.79 Å². The number of ether oxygens (including phenoxy) is 1. The molecule has 118 valence electrons. The Hall–Kier alpha value is -1.12. The highest BCUT2D eigenvalue weighted by molar-refractivity contribution is 9.10. The Balaban J connectivity index is 1.78. The molecule has 0 radical (unpaired) electrons. The molecule has 5 nitrogen and oxygen atoms in total. The van der Waals surface area contributed by atoms with Gasteiger partial charge in [0.2, 0.25) is 5.13 Å². The van der Waals surface area contributed by atoms with Gasteiger partial charge in [0.05, 0.1) is 0 Å². The first kappa shape index (κ1) is 17.2. The van der Waals surface area contributed by atoms with Crippen molar-refractivity contribution in [3.63, 3.8) is 0 Å². The summed E-state index contributed by atoms with van der Waals surface area (Å²) in [5.41, 5.74) is 0. The molecule has 0 aliphatic rings. The van der Waals surface area contributed by atoms with Crippen LogP contribution in [0.2, 0.25) is 0 Å². The van der Waals surface area contributed by atoms with Crippen LogP contribution in [0.1, 0.15) is 13.8 Å². The van der Waals surface area contributed by atoms with Crippen molar-refractivity contribution in [1.82, 2.24) is 10.2 Å². The van der Waals surface area contributed by atoms with E-state index < -0.39 is 0 Å². The SMILES string of the molecule is CC(C)CSc1nnc(NC(=O)COc2ccc(Br)cc2)s1. The largest absolute Gasteiger partial charge is 0.484 e. The van der Waals surface area contributed by atoms with Crippen molar-refractivity contribution in [2.75, 3.05) is 17.7 Å². The van der Waals surface area contributed by atoms with Crippen LogP contribution in [0.5, 0.6) is 5.75 Å². The summed E-state index contributed by atoms with van der Waals surface area (Å²) in [5, 5.41) is 11.2. The van der Waals surface area contributed by atoms with Crippen LogP contribution >= 0.6 is 39.0 Å². The average Bonchev–Trinajstić information content (AvgIpc) is 2.92. The molecule has 1 aromatic heterocycles. The third-order valence-corrected chi connectivity index (χ3v) is 5.30. The summed E-state index contributed by atoms with van der Waals surface area (Å²) < 4.78 is 7.22. The summed E-state index contributed by atoms with van der Waals surface area (Å²) in [7, 11) is 0. The first-order chi connectivity index (χ1) is 10.5. The van der Waals surface area contributed by atoms with Crippen LogP contribution in [0.25, 0.3) is 0 Å². The molecular weight excluding hydrogens is 386 g/mol. The van der Waals surface area contributed by atoms with Gasteiger partial charge in [-0.3, -0.25) is 10.1 Å². The van der Waals surface area contributed by atoms with Crippen molar-refractivity contribution >= 4 is 50.1 Å². The lowest BCUT2D eigenvalue weighted by Crippen LogP contribution is -2.20. The summed E-state index contributed by atoms with van der Waals surface area (Å²) in [5.74, 6) is 1.96. The minimum atomic E-state index is -0.250. The standard InChI is InChI=1S/C14H16BrN3O2S2/c1-9(2)8-21-14-18-17-13(22-14)16-12(19)7-20-11-5-3-10(15)4-6-11/h3-6,9H,7-8H2,1-2H3,(H,16,17,19). The van der Waals surface area contributed by atoms with E-state index in [1.54, 1.807) is 23.9 Å². The number of thioether (sulfide) groups is 1. The Morgan fingerprint density at radius 1 is 1.36 bits per heavy atom. The second-order valence-electron chi connectivity index (χ2n) is 4.87. The van der Waals surface area contributed by atoms with Crippen molar-refractivity contribution in [3.05, 3.63) is 28.7 Å². The number of carbonyl (C=O) groups excluding carboxylic acids is 1. The molecular formula is C14H16BrN3O2S2. The lowest BCUT2D eigenvalue weighted by molar-refractivity contribution is -0.118. The molecule has 1 amide bonds. The van der Waals surface area contributed by atoms with E-state index in [0.29, 0.717) is 16.8 Å². The van der Waals surface area contributed by atoms with Crippen molar-refractivity contribution < 1.29 is 9.53 Å². The molecule has 0 bridgehead atoms. The van der Waals surface area contributed by atoms with Gasteiger partial charge >= 0.3 is 0 Å². The van der Waals surface area contributed by atoms with Crippen LogP contribution in [0.3, 0.4) is 0 Å². The van der Waals surface area contributed by atoms with Crippen LogP contribution < -0.4 is 10.1 Å². The molecule has 0 atom stereocenters. The maximum absolute atomic E-state index is 11.8. The number of hydrogen-bond acceptors (Lipinski definition) is 6. The number of nitrogens with one attached hydrogen (secondary N) is 1. The van der Waals surface area contributed by atoms with Crippen molar-refractivity contribution in [3.8, 4) is 5.75 Å². The minimum Gasteiger partial charge on any atom is -0.484 e. The van der Waals surface area contributed by atoms with Gasteiger partial charge in [-0.2, -0.15) is 0 Å². The Kier molecular flexibility index (Phi) is 6.66. The van der Waals surface area contributed by atoms with Crippen LogP contribution in [0.4, 0.5) is 5.13 Å². The molecule has 0 fully saturated rings. The first-order valence-corrected chi connectivity index (χ1v) is 9.27. The van der Waals surface area contributed by atoms with Gasteiger partial charge in [-0.25, -0.2) is 0 Å². The zero-order chi connectivity index (χ0) is 15.9. The zero-order valence-electron chi connectivity index (χ0n) is 12.2. The molecule has 2 rings (SSSR count). The topological polar surface area (TPSA) is 64.1 Å². The van der Waals surface area contributed by atoms with Gasteiger partial charge in [-0.05, 0) is 30.2 Å². The average molecular weight is 402 g/mol. The fourth-order valence-electron chi connectivity index (χ4n) is 1.39. The summed E-state index contributed by atoms with van der Waals surface area (Å²) in [6, 6.07) is 7.30. The smallest absolute Gasteiger partial charge is 0.264 e. The van der Waals surface area contributed by atoms with E-state index >= 15 is 0 Å². The fraction of sp³-hybridized carbons (Fsp3) is 0.357. The van der Waals surface area contributed by atoms with Gasteiger partial charge in [-0.1, -0.05) is 52.9 Å². The van der Waals surface area contributed by atoms with Gasteiger partial charge in [0.25, 0.3) is 5.91 Å². The number of carbonyl (C=O) groups is 1. The first-order valence-electron chi connectivity index (χ1n) is 6.67. The van der Waals surface area contributed by atoms with Crippen molar-refractivity contribution in [2.24, 2.45) is 5.92 Å². The van der Waals surface area contributed by atoms with Crippen molar-refractivity contribution in [1.29, 1.82) is 0 Å². The maximum Gasteiger partial charge on any atom is 0.264 e. The summed E-state index contributed by atoms with van der Waals surface area (Å²) in [4.78, 5) is 11.8. The Bertz CT molecular complexity index is 617. The monoisotopic (exact) mass is 401 g/mol. The maximum atomic E-state index is 11.8.